The van der Waals surface area contributed by atoms with E-state index < -0.39 is 0 Å². The van der Waals surface area contributed by atoms with Gasteiger partial charge in [-0.05, 0) is 56.4 Å². The lowest BCUT2D eigenvalue weighted by Gasteiger charge is -2.20. The molecule has 122 valence electrons. The summed E-state index contributed by atoms with van der Waals surface area (Å²) in [6, 6.07) is 13.8. The number of aryl methyl sites for hydroxylation is 1. The first-order valence-corrected chi connectivity index (χ1v) is 7.80. The number of benzene rings is 2. The minimum Gasteiger partial charge on any atom is -0.497 e. The minimum absolute atomic E-state index is 0.0227. The van der Waals surface area contributed by atoms with Crippen molar-refractivity contribution in [2.45, 2.75) is 19.9 Å². The van der Waals surface area contributed by atoms with Crippen LogP contribution in [0.2, 0.25) is 0 Å². The zero-order valence-corrected chi connectivity index (χ0v) is 14.7. The molecule has 0 saturated heterocycles. The molecule has 0 fully saturated rings. The highest BCUT2D eigenvalue weighted by atomic mass is 32.1. The Labute approximate surface area is 142 Å². The van der Waals surface area contributed by atoms with E-state index in [0.717, 1.165) is 22.7 Å². The molecule has 2 rings (SSSR count). The van der Waals surface area contributed by atoms with E-state index in [1.165, 1.54) is 5.56 Å². The molecule has 0 aliphatic heterocycles. The summed E-state index contributed by atoms with van der Waals surface area (Å²) >= 11 is 5.39. The molecule has 23 heavy (non-hydrogen) atoms. The number of thiocarbonyl (C=S) groups is 1. The van der Waals surface area contributed by atoms with Crippen molar-refractivity contribution in [1.29, 1.82) is 0 Å². The van der Waals surface area contributed by atoms with Crippen LogP contribution in [0.25, 0.3) is 0 Å². The van der Waals surface area contributed by atoms with Gasteiger partial charge in [0.2, 0.25) is 0 Å². The van der Waals surface area contributed by atoms with Crippen LogP contribution in [0.1, 0.15) is 24.1 Å². The number of hydrogen-bond acceptors (Lipinski definition) is 3. The Morgan fingerprint density at radius 3 is 2.35 bits per heavy atom. The average molecular weight is 330 g/mol. The molecule has 0 heterocycles. The molecule has 0 unspecified atom stereocenters. The van der Waals surface area contributed by atoms with Gasteiger partial charge in [0.05, 0.1) is 20.3 Å². The Bertz CT molecular complexity index is 671. The summed E-state index contributed by atoms with van der Waals surface area (Å²) in [5.74, 6) is 1.58. The second-order valence-electron chi connectivity index (χ2n) is 5.29. The van der Waals surface area contributed by atoms with Gasteiger partial charge in [0, 0.05) is 11.3 Å². The van der Waals surface area contributed by atoms with Crippen LogP contribution in [-0.2, 0) is 0 Å². The number of nitrogens with one attached hydrogen (secondary N) is 2. The van der Waals surface area contributed by atoms with Gasteiger partial charge in [0.15, 0.2) is 5.11 Å². The van der Waals surface area contributed by atoms with Crippen molar-refractivity contribution in [3.05, 3.63) is 53.6 Å². The second kappa shape index (κ2) is 7.83. The van der Waals surface area contributed by atoms with Crippen LogP contribution in [0, 0.1) is 6.92 Å². The molecule has 0 aliphatic rings. The highest BCUT2D eigenvalue weighted by Crippen LogP contribution is 2.29. The Morgan fingerprint density at radius 2 is 1.74 bits per heavy atom. The van der Waals surface area contributed by atoms with Crippen LogP contribution in [0.3, 0.4) is 0 Å². The fourth-order valence-corrected chi connectivity index (χ4v) is 2.55. The van der Waals surface area contributed by atoms with Crippen molar-refractivity contribution in [3.63, 3.8) is 0 Å². The lowest BCUT2D eigenvalue weighted by Crippen LogP contribution is -2.31. The van der Waals surface area contributed by atoms with Gasteiger partial charge >= 0.3 is 0 Å². The Hall–Kier alpha value is -2.27. The molecule has 0 aliphatic carbocycles. The predicted molar refractivity (Wildman–Crippen MR) is 98.5 cm³/mol. The average Bonchev–Trinajstić information content (AvgIpc) is 2.56. The normalized spacial score (nSPS) is 11.5. The molecule has 0 amide bonds. The largest absolute Gasteiger partial charge is 0.497 e. The van der Waals surface area contributed by atoms with E-state index in [9.17, 15) is 0 Å². The quantitative estimate of drug-likeness (QED) is 0.809. The first kappa shape index (κ1) is 17.1. The standard InChI is InChI=1S/C18H22N2O2S/c1-12-5-7-14(8-6-12)20-18(23)19-13(2)16-11-15(21-3)9-10-17(16)22-4/h5-11,13H,1-4H3,(H2,19,20,23)/t13-/m1/s1. The summed E-state index contributed by atoms with van der Waals surface area (Å²) in [5.41, 5.74) is 3.15. The van der Waals surface area contributed by atoms with E-state index in [1.807, 2.05) is 49.4 Å². The van der Waals surface area contributed by atoms with Crippen LogP contribution in [0.4, 0.5) is 5.69 Å². The number of hydrogen-bond donors (Lipinski definition) is 2. The SMILES string of the molecule is COc1ccc(OC)c([C@@H](C)NC(=S)Nc2ccc(C)cc2)c1. The first-order chi connectivity index (χ1) is 11.0. The van der Waals surface area contributed by atoms with Crippen LogP contribution < -0.4 is 20.1 Å². The van der Waals surface area contributed by atoms with E-state index in [1.54, 1.807) is 14.2 Å². The van der Waals surface area contributed by atoms with Crippen molar-refractivity contribution in [1.82, 2.24) is 5.32 Å². The number of ether oxygens (including phenoxy) is 2. The lowest BCUT2D eigenvalue weighted by molar-refractivity contribution is 0.395. The van der Waals surface area contributed by atoms with Gasteiger partial charge < -0.3 is 20.1 Å². The van der Waals surface area contributed by atoms with E-state index in [2.05, 4.69) is 17.6 Å². The Balaban J connectivity index is 2.07. The lowest BCUT2D eigenvalue weighted by atomic mass is 10.1. The molecular formula is C18H22N2O2S. The van der Waals surface area contributed by atoms with Gasteiger partial charge in [-0.25, -0.2) is 0 Å². The summed E-state index contributed by atoms with van der Waals surface area (Å²) in [5, 5.41) is 7.02. The molecule has 0 saturated carbocycles. The van der Waals surface area contributed by atoms with Gasteiger partial charge in [-0.2, -0.15) is 0 Å². The zero-order chi connectivity index (χ0) is 16.8. The molecular weight excluding hydrogens is 308 g/mol. The molecule has 5 heteroatoms. The van der Waals surface area contributed by atoms with E-state index in [4.69, 9.17) is 21.7 Å². The fourth-order valence-electron chi connectivity index (χ4n) is 2.26. The van der Waals surface area contributed by atoms with E-state index in [-0.39, 0.29) is 6.04 Å². The molecule has 0 aromatic heterocycles. The van der Waals surface area contributed by atoms with E-state index >= 15 is 0 Å². The maximum atomic E-state index is 5.42. The number of anilines is 1. The third-order valence-corrected chi connectivity index (χ3v) is 3.78. The molecule has 2 aromatic carbocycles. The first-order valence-electron chi connectivity index (χ1n) is 7.39. The monoisotopic (exact) mass is 330 g/mol. The van der Waals surface area contributed by atoms with Crippen LogP contribution in [-0.4, -0.2) is 19.3 Å². The molecule has 2 aromatic rings. The van der Waals surface area contributed by atoms with Crippen LogP contribution in [0.15, 0.2) is 42.5 Å². The highest BCUT2D eigenvalue weighted by Gasteiger charge is 2.14. The fraction of sp³-hybridized carbons (Fsp3) is 0.278. The smallest absolute Gasteiger partial charge is 0.171 e. The summed E-state index contributed by atoms with van der Waals surface area (Å²) in [6.07, 6.45) is 0. The van der Waals surface area contributed by atoms with Gasteiger partial charge in [-0.1, -0.05) is 17.7 Å². The molecule has 4 nitrogen and oxygen atoms in total. The summed E-state index contributed by atoms with van der Waals surface area (Å²) in [7, 11) is 3.30. The number of rotatable bonds is 5. The number of methoxy groups -OCH3 is 2. The van der Waals surface area contributed by atoms with Gasteiger partial charge in [-0.3, -0.25) is 0 Å². The van der Waals surface area contributed by atoms with Crippen molar-refractivity contribution in [2.75, 3.05) is 19.5 Å². The van der Waals surface area contributed by atoms with E-state index in [0.29, 0.717) is 5.11 Å². The maximum Gasteiger partial charge on any atom is 0.171 e. The zero-order valence-electron chi connectivity index (χ0n) is 13.8. The predicted octanol–water partition coefficient (Wildman–Crippen LogP) is 4.06. The third-order valence-electron chi connectivity index (χ3n) is 3.56. The minimum atomic E-state index is -0.0227. The second-order valence-corrected chi connectivity index (χ2v) is 5.70. The topological polar surface area (TPSA) is 42.5 Å². The van der Waals surface area contributed by atoms with Gasteiger partial charge in [0.1, 0.15) is 11.5 Å². The molecule has 0 spiro atoms. The van der Waals surface area contributed by atoms with Gasteiger partial charge in [-0.15, -0.1) is 0 Å². The Kier molecular flexibility index (Phi) is 5.82. The maximum absolute atomic E-state index is 5.42. The summed E-state index contributed by atoms with van der Waals surface area (Å²) in [6.45, 7) is 4.08. The van der Waals surface area contributed by atoms with Crippen molar-refractivity contribution in [2.24, 2.45) is 0 Å². The molecule has 1 atom stereocenters. The molecule has 0 bridgehead atoms. The van der Waals surface area contributed by atoms with Crippen molar-refractivity contribution < 1.29 is 9.47 Å². The summed E-state index contributed by atoms with van der Waals surface area (Å²) < 4.78 is 10.7. The van der Waals surface area contributed by atoms with Gasteiger partial charge in [0.25, 0.3) is 0 Å². The molecule has 0 radical (unpaired) electrons. The van der Waals surface area contributed by atoms with Crippen LogP contribution >= 0.6 is 12.2 Å². The van der Waals surface area contributed by atoms with Crippen LogP contribution in [0.5, 0.6) is 11.5 Å². The highest BCUT2D eigenvalue weighted by molar-refractivity contribution is 7.80. The van der Waals surface area contributed by atoms with Crippen molar-refractivity contribution in [3.8, 4) is 11.5 Å². The third kappa shape index (κ3) is 4.60. The van der Waals surface area contributed by atoms with Crippen molar-refractivity contribution >= 4 is 23.0 Å². The molecule has 2 N–H and O–H groups in total. The Morgan fingerprint density at radius 1 is 1.04 bits per heavy atom. The summed E-state index contributed by atoms with van der Waals surface area (Å²) in [4.78, 5) is 0.